The van der Waals surface area contributed by atoms with Crippen molar-refractivity contribution in [3.63, 3.8) is 0 Å². The van der Waals surface area contributed by atoms with E-state index < -0.39 is 5.41 Å². The highest BCUT2D eigenvalue weighted by Crippen LogP contribution is 2.43. The van der Waals surface area contributed by atoms with Crippen LogP contribution < -0.4 is 0 Å². The van der Waals surface area contributed by atoms with Crippen molar-refractivity contribution in [3.05, 3.63) is 34.3 Å². The molecule has 4 heteroatoms. The first-order valence-corrected chi connectivity index (χ1v) is 10.4. The highest BCUT2D eigenvalue weighted by atomic mass is 79.9. The molecule has 0 radical (unpaired) electrons. The number of carbonyl (C=O) groups is 1. The van der Waals surface area contributed by atoms with E-state index in [-0.39, 0.29) is 12.1 Å². The SMILES string of the molecule is CC(C(=O)OC1CC[N+](C)(C)CC1)(c1ccc(Br)cc1)C1CCCC1. The maximum Gasteiger partial charge on any atom is 0.316 e. The zero-order valence-electron chi connectivity index (χ0n) is 15.8. The number of piperidine rings is 1. The second kappa shape index (κ2) is 7.40. The summed E-state index contributed by atoms with van der Waals surface area (Å²) in [6.45, 7) is 4.27. The Hall–Kier alpha value is -0.870. The molecule has 1 aromatic rings. The summed E-state index contributed by atoms with van der Waals surface area (Å²) in [6.07, 6.45) is 6.71. The molecule has 1 heterocycles. The molecule has 3 rings (SSSR count). The van der Waals surface area contributed by atoms with Crippen LogP contribution in [0.4, 0.5) is 0 Å². The molecule has 0 spiro atoms. The van der Waals surface area contributed by atoms with Crippen LogP contribution in [-0.4, -0.2) is 43.7 Å². The lowest BCUT2D eigenvalue weighted by Crippen LogP contribution is -2.50. The van der Waals surface area contributed by atoms with Gasteiger partial charge >= 0.3 is 5.97 Å². The second-order valence-corrected chi connectivity index (χ2v) is 9.59. The Morgan fingerprint density at radius 2 is 1.64 bits per heavy atom. The van der Waals surface area contributed by atoms with Gasteiger partial charge in [-0.1, -0.05) is 40.9 Å². The Labute approximate surface area is 160 Å². The first-order chi connectivity index (χ1) is 11.8. The van der Waals surface area contributed by atoms with Gasteiger partial charge in [-0.2, -0.15) is 0 Å². The number of benzene rings is 1. The molecular weight excluding hydrogens is 378 g/mol. The summed E-state index contributed by atoms with van der Waals surface area (Å²) in [5.41, 5.74) is 0.568. The van der Waals surface area contributed by atoms with E-state index in [0.717, 1.165) is 53.3 Å². The molecule has 0 N–H and O–H groups in total. The third-order valence-corrected chi connectivity index (χ3v) is 6.95. The monoisotopic (exact) mass is 408 g/mol. The molecule has 1 saturated heterocycles. The van der Waals surface area contributed by atoms with Gasteiger partial charge in [0.25, 0.3) is 0 Å². The second-order valence-electron chi connectivity index (χ2n) is 8.68. The highest BCUT2D eigenvalue weighted by molar-refractivity contribution is 9.10. The van der Waals surface area contributed by atoms with E-state index in [1.807, 2.05) is 12.1 Å². The van der Waals surface area contributed by atoms with Crippen molar-refractivity contribution < 1.29 is 14.0 Å². The predicted octanol–water partition coefficient (Wildman–Crippen LogP) is 4.68. The molecule has 1 atom stereocenters. The summed E-state index contributed by atoms with van der Waals surface area (Å²) < 4.78 is 8.16. The Balaban J connectivity index is 1.79. The number of ether oxygens (including phenoxy) is 1. The summed E-state index contributed by atoms with van der Waals surface area (Å²) in [5, 5.41) is 0. The zero-order chi connectivity index (χ0) is 18.1. The first kappa shape index (κ1) is 18.9. The quantitative estimate of drug-likeness (QED) is 0.533. The van der Waals surface area contributed by atoms with Crippen molar-refractivity contribution >= 4 is 21.9 Å². The van der Waals surface area contributed by atoms with Gasteiger partial charge < -0.3 is 9.22 Å². The lowest BCUT2D eigenvalue weighted by molar-refractivity contribution is -0.896. The van der Waals surface area contributed by atoms with Crippen LogP contribution in [0.25, 0.3) is 0 Å². The third kappa shape index (κ3) is 4.11. The Bertz CT molecular complexity index is 597. The topological polar surface area (TPSA) is 26.3 Å². The van der Waals surface area contributed by atoms with Crippen LogP contribution in [0, 0.1) is 5.92 Å². The Kier molecular flexibility index (Phi) is 5.60. The van der Waals surface area contributed by atoms with E-state index in [4.69, 9.17) is 4.74 Å². The van der Waals surface area contributed by atoms with Crippen molar-refractivity contribution in [3.8, 4) is 0 Å². The molecule has 138 valence electrons. The van der Waals surface area contributed by atoms with Crippen LogP contribution in [0.3, 0.4) is 0 Å². The molecule has 1 saturated carbocycles. The van der Waals surface area contributed by atoms with E-state index in [1.165, 1.54) is 12.8 Å². The summed E-state index contributed by atoms with van der Waals surface area (Å²) >= 11 is 3.51. The Morgan fingerprint density at radius 3 is 2.20 bits per heavy atom. The van der Waals surface area contributed by atoms with Crippen molar-refractivity contribution in [2.75, 3.05) is 27.2 Å². The van der Waals surface area contributed by atoms with E-state index in [9.17, 15) is 4.79 Å². The predicted molar refractivity (Wildman–Crippen MR) is 104 cm³/mol. The smallest absolute Gasteiger partial charge is 0.316 e. The van der Waals surface area contributed by atoms with Gasteiger partial charge in [-0.3, -0.25) is 4.79 Å². The fourth-order valence-corrected chi connectivity index (χ4v) is 4.72. The molecule has 0 amide bonds. The van der Waals surface area contributed by atoms with Gasteiger partial charge in [-0.05, 0) is 43.4 Å². The van der Waals surface area contributed by atoms with Crippen LogP contribution in [-0.2, 0) is 14.9 Å². The maximum atomic E-state index is 13.3. The molecule has 2 aliphatic rings. The minimum absolute atomic E-state index is 0.0149. The van der Waals surface area contributed by atoms with E-state index >= 15 is 0 Å². The molecule has 1 aliphatic carbocycles. The van der Waals surface area contributed by atoms with Crippen molar-refractivity contribution in [1.82, 2.24) is 0 Å². The van der Waals surface area contributed by atoms with Crippen molar-refractivity contribution in [1.29, 1.82) is 0 Å². The number of quaternary nitrogens is 1. The number of likely N-dealkylation sites (tertiary alicyclic amines) is 1. The van der Waals surface area contributed by atoms with E-state index in [1.54, 1.807) is 0 Å². The lowest BCUT2D eigenvalue weighted by Gasteiger charge is -2.39. The van der Waals surface area contributed by atoms with Gasteiger partial charge in [0.05, 0.1) is 32.6 Å². The van der Waals surface area contributed by atoms with Gasteiger partial charge in [0.15, 0.2) is 0 Å². The summed E-state index contributed by atoms with van der Waals surface area (Å²) in [7, 11) is 4.50. The molecule has 1 unspecified atom stereocenters. The summed E-state index contributed by atoms with van der Waals surface area (Å²) in [5.74, 6) is 0.371. The molecule has 0 aromatic heterocycles. The molecule has 2 fully saturated rings. The number of nitrogens with zero attached hydrogens (tertiary/aromatic N) is 1. The zero-order valence-corrected chi connectivity index (χ0v) is 17.3. The maximum absolute atomic E-state index is 13.3. The van der Waals surface area contributed by atoms with Gasteiger partial charge in [-0.15, -0.1) is 0 Å². The fraction of sp³-hybridized carbons (Fsp3) is 0.667. The third-order valence-electron chi connectivity index (χ3n) is 6.43. The van der Waals surface area contributed by atoms with Crippen LogP contribution in [0.15, 0.2) is 28.7 Å². The lowest BCUT2D eigenvalue weighted by atomic mass is 9.71. The number of halogens is 1. The number of hydrogen-bond donors (Lipinski definition) is 0. The fourth-order valence-electron chi connectivity index (χ4n) is 4.45. The summed E-state index contributed by atoms with van der Waals surface area (Å²) in [4.78, 5) is 13.3. The van der Waals surface area contributed by atoms with Crippen LogP contribution >= 0.6 is 15.9 Å². The standard InChI is InChI=1S/C21H31BrNO2/c1-21(16-6-4-5-7-16,17-8-10-18(22)11-9-17)20(24)25-19-12-14-23(2,3)15-13-19/h8-11,16,19H,4-7,12-15H2,1-3H3/q+1. The van der Waals surface area contributed by atoms with Gasteiger partial charge in [0.1, 0.15) is 6.10 Å². The number of esters is 1. The molecule has 1 aromatic carbocycles. The summed E-state index contributed by atoms with van der Waals surface area (Å²) in [6, 6.07) is 8.25. The average molecular weight is 409 g/mol. The molecule has 3 nitrogen and oxygen atoms in total. The number of hydrogen-bond acceptors (Lipinski definition) is 2. The minimum atomic E-state index is -0.529. The largest absolute Gasteiger partial charge is 0.461 e. The van der Waals surface area contributed by atoms with Gasteiger partial charge in [0.2, 0.25) is 0 Å². The molecule has 0 bridgehead atoms. The van der Waals surface area contributed by atoms with Gasteiger partial charge in [-0.25, -0.2) is 0 Å². The molecule has 1 aliphatic heterocycles. The minimum Gasteiger partial charge on any atom is -0.461 e. The van der Waals surface area contributed by atoms with Gasteiger partial charge in [0, 0.05) is 17.3 Å². The molecule has 25 heavy (non-hydrogen) atoms. The van der Waals surface area contributed by atoms with E-state index in [2.05, 4.69) is 49.1 Å². The van der Waals surface area contributed by atoms with Crippen LogP contribution in [0.2, 0.25) is 0 Å². The van der Waals surface area contributed by atoms with Crippen LogP contribution in [0.1, 0.15) is 51.0 Å². The Morgan fingerprint density at radius 1 is 1.08 bits per heavy atom. The van der Waals surface area contributed by atoms with Crippen molar-refractivity contribution in [2.24, 2.45) is 5.92 Å². The first-order valence-electron chi connectivity index (χ1n) is 9.60. The molecular formula is C21H31BrNO2+. The normalized spacial score (nSPS) is 24.0. The van der Waals surface area contributed by atoms with Crippen LogP contribution in [0.5, 0.6) is 0 Å². The highest BCUT2D eigenvalue weighted by Gasteiger charge is 2.46. The average Bonchev–Trinajstić information content (AvgIpc) is 3.11. The van der Waals surface area contributed by atoms with Crippen molar-refractivity contribution in [2.45, 2.75) is 57.0 Å². The number of carbonyl (C=O) groups excluding carboxylic acids is 1. The van der Waals surface area contributed by atoms with E-state index in [0.29, 0.717) is 5.92 Å². The number of rotatable bonds is 4.